The first kappa shape index (κ1) is 14.9. The van der Waals surface area contributed by atoms with Crippen molar-refractivity contribution in [3.63, 3.8) is 0 Å². The molecule has 2 aromatic rings. The number of benzene rings is 1. The number of methoxy groups -OCH3 is 3. The number of ether oxygens (including phenoxy) is 3. The van der Waals surface area contributed by atoms with Crippen molar-refractivity contribution in [3.05, 3.63) is 23.9 Å². The molecule has 1 aromatic heterocycles. The molecule has 0 fully saturated rings. The summed E-state index contributed by atoms with van der Waals surface area (Å²) in [5.74, 6) is 2.53. The van der Waals surface area contributed by atoms with E-state index >= 15 is 0 Å². The van der Waals surface area contributed by atoms with Gasteiger partial charge in [0.25, 0.3) is 0 Å². The van der Waals surface area contributed by atoms with Crippen LogP contribution in [0.2, 0.25) is 0 Å². The van der Waals surface area contributed by atoms with Crippen molar-refractivity contribution in [2.24, 2.45) is 0 Å². The van der Waals surface area contributed by atoms with Gasteiger partial charge in [-0.1, -0.05) is 6.92 Å². The van der Waals surface area contributed by atoms with Gasteiger partial charge in [0, 0.05) is 11.8 Å². The van der Waals surface area contributed by atoms with Gasteiger partial charge in [0.05, 0.1) is 26.9 Å². The minimum absolute atomic E-state index is 0.425. The Kier molecular flexibility index (Phi) is 4.47. The molecule has 2 N–H and O–H groups in total. The van der Waals surface area contributed by atoms with E-state index in [-0.39, 0.29) is 0 Å². The third kappa shape index (κ3) is 2.84. The molecule has 0 saturated heterocycles. The van der Waals surface area contributed by atoms with Gasteiger partial charge < -0.3 is 19.9 Å². The van der Waals surface area contributed by atoms with Crippen molar-refractivity contribution in [2.75, 3.05) is 27.1 Å². The topological polar surface area (TPSA) is 79.5 Å². The summed E-state index contributed by atoms with van der Waals surface area (Å²) in [6, 6.07) is 5.37. The first-order valence-corrected chi connectivity index (χ1v) is 6.57. The Bertz CT molecular complexity index is 644. The molecule has 2 rings (SSSR count). The van der Waals surface area contributed by atoms with E-state index < -0.39 is 0 Å². The smallest absolute Gasteiger partial charge is 0.204 e. The van der Waals surface area contributed by atoms with Gasteiger partial charge in [-0.15, -0.1) is 0 Å². The van der Waals surface area contributed by atoms with E-state index in [1.165, 1.54) is 0 Å². The van der Waals surface area contributed by atoms with Crippen molar-refractivity contribution in [1.29, 1.82) is 0 Å². The van der Waals surface area contributed by atoms with Crippen LogP contribution in [-0.2, 0) is 6.42 Å². The zero-order chi connectivity index (χ0) is 15.4. The van der Waals surface area contributed by atoms with Crippen LogP contribution in [0.3, 0.4) is 0 Å². The Morgan fingerprint density at radius 2 is 1.71 bits per heavy atom. The van der Waals surface area contributed by atoms with E-state index in [1.807, 2.05) is 13.0 Å². The Morgan fingerprint density at radius 1 is 1.00 bits per heavy atom. The monoisotopic (exact) mass is 289 g/mol. The third-order valence-electron chi connectivity index (χ3n) is 3.11. The summed E-state index contributed by atoms with van der Waals surface area (Å²) in [7, 11) is 4.69. The fourth-order valence-electron chi connectivity index (χ4n) is 2.10. The number of nitrogen functional groups attached to an aromatic ring is 1. The molecule has 0 radical (unpaired) electrons. The minimum Gasteiger partial charge on any atom is -0.493 e. The molecule has 0 amide bonds. The second-order valence-electron chi connectivity index (χ2n) is 4.34. The molecule has 0 aliphatic heterocycles. The molecule has 6 heteroatoms. The van der Waals surface area contributed by atoms with Crippen LogP contribution in [-0.4, -0.2) is 31.3 Å². The Morgan fingerprint density at radius 3 is 2.29 bits per heavy atom. The van der Waals surface area contributed by atoms with E-state index in [0.717, 1.165) is 12.1 Å². The zero-order valence-electron chi connectivity index (χ0n) is 12.6. The van der Waals surface area contributed by atoms with Crippen LogP contribution in [0, 0.1) is 0 Å². The predicted molar refractivity (Wildman–Crippen MR) is 80.9 cm³/mol. The van der Waals surface area contributed by atoms with Crippen molar-refractivity contribution >= 4 is 5.82 Å². The van der Waals surface area contributed by atoms with E-state index in [2.05, 4.69) is 9.97 Å². The number of nitrogens with zero attached hydrogens (tertiary/aromatic N) is 2. The van der Waals surface area contributed by atoms with Crippen molar-refractivity contribution in [2.45, 2.75) is 13.3 Å². The molecule has 1 aromatic carbocycles. The van der Waals surface area contributed by atoms with Crippen LogP contribution in [0.5, 0.6) is 17.2 Å². The Hall–Kier alpha value is -2.50. The summed E-state index contributed by atoms with van der Waals surface area (Å²) in [6.45, 7) is 2.01. The lowest BCUT2D eigenvalue weighted by atomic mass is 10.1. The second kappa shape index (κ2) is 6.30. The van der Waals surface area contributed by atoms with Gasteiger partial charge in [0.1, 0.15) is 5.82 Å². The fraction of sp³-hybridized carbons (Fsp3) is 0.333. The summed E-state index contributed by atoms with van der Waals surface area (Å²) < 4.78 is 16.1. The van der Waals surface area contributed by atoms with Gasteiger partial charge in [0.15, 0.2) is 17.3 Å². The van der Waals surface area contributed by atoms with Crippen LogP contribution in [0.4, 0.5) is 5.82 Å². The van der Waals surface area contributed by atoms with Crippen LogP contribution in [0.25, 0.3) is 11.4 Å². The average molecular weight is 289 g/mol. The number of rotatable bonds is 5. The lowest BCUT2D eigenvalue weighted by molar-refractivity contribution is 0.325. The molecule has 0 unspecified atom stereocenters. The van der Waals surface area contributed by atoms with Gasteiger partial charge in [-0.3, -0.25) is 0 Å². The Labute approximate surface area is 123 Å². The van der Waals surface area contributed by atoms with Crippen molar-refractivity contribution < 1.29 is 14.2 Å². The molecular formula is C15H19N3O3. The normalized spacial score (nSPS) is 10.3. The lowest BCUT2D eigenvalue weighted by Crippen LogP contribution is -2.02. The van der Waals surface area contributed by atoms with Crippen LogP contribution in [0.1, 0.15) is 12.6 Å². The second-order valence-corrected chi connectivity index (χ2v) is 4.34. The lowest BCUT2D eigenvalue weighted by Gasteiger charge is -2.15. The zero-order valence-corrected chi connectivity index (χ0v) is 12.6. The molecule has 0 atom stereocenters. The molecule has 0 spiro atoms. The van der Waals surface area contributed by atoms with Gasteiger partial charge in [-0.2, -0.15) is 0 Å². The maximum absolute atomic E-state index is 5.84. The third-order valence-corrected chi connectivity index (χ3v) is 3.11. The van der Waals surface area contributed by atoms with Crippen LogP contribution >= 0.6 is 0 Å². The van der Waals surface area contributed by atoms with E-state index in [0.29, 0.717) is 34.5 Å². The van der Waals surface area contributed by atoms with Crippen molar-refractivity contribution in [1.82, 2.24) is 9.97 Å². The van der Waals surface area contributed by atoms with Gasteiger partial charge >= 0.3 is 0 Å². The standard InChI is InChI=1S/C15H19N3O3/c1-5-9-8-12(16)18-15(17-9)10-6-7-11(19-2)14(21-4)13(10)20-3/h6-8H,5H2,1-4H3,(H2,16,17,18). The summed E-state index contributed by atoms with van der Waals surface area (Å²) in [5, 5.41) is 0. The molecule has 0 saturated carbocycles. The van der Waals surface area contributed by atoms with Gasteiger partial charge in [-0.25, -0.2) is 9.97 Å². The summed E-state index contributed by atoms with van der Waals surface area (Å²) in [6.07, 6.45) is 0.773. The first-order valence-electron chi connectivity index (χ1n) is 6.57. The summed E-state index contributed by atoms with van der Waals surface area (Å²) in [5.41, 5.74) is 7.42. The van der Waals surface area contributed by atoms with E-state index in [1.54, 1.807) is 33.5 Å². The average Bonchev–Trinajstić information content (AvgIpc) is 2.52. The number of hydrogen-bond donors (Lipinski definition) is 1. The van der Waals surface area contributed by atoms with Gasteiger partial charge in [0.2, 0.25) is 5.75 Å². The Balaban J connectivity index is 2.66. The molecule has 0 aliphatic rings. The first-order chi connectivity index (χ1) is 10.1. The van der Waals surface area contributed by atoms with E-state index in [4.69, 9.17) is 19.9 Å². The highest BCUT2D eigenvalue weighted by Gasteiger charge is 2.19. The molecule has 0 aliphatic carbocycles. The highest BCUT2D eigenvalue weighted by atomic mass is 16.5. The molecular weight excluding hydrogens is 270 g/mol. The van der Waals surface area contributed by atoms with Crippen LogP contribution in [0.15, 0.2) is 18.2 Å². The molecule has 21 heavy (non-hydrogen) atoms. The molecule has 6 nitrogen and oxygen atoms in total. The summed E-state index contributed by atoms with van der Waals surface area (Å²) in [4.78, 5) is 8.78. The quantitative estimate of drug-likeness (QED) is 0.910. The molecule has 0 bridgehead atoms. The SMILES string of the molecule is CCc1cc(N)nc(-c2ccc(OC)c(OC)c2OC)n1. The molecule has 1 heterocycles. The number of aryl methyl sites for hydroxylation is 1. The fourth-order valence-corrected chi connectivity index (χ4v) is 2.10. The highest BCUT2D eigenvalue weighted by molar-refractivity contribution is 5.72. The minimum atomic E-state index is 0.425. The van der Waals surface area contributed by atoms with E-state index in [9.17, 15) is 0 Å². The van der Waals surface area contributed by atoms with Crippen molar-refractivity contribution in [3.8, 4) is 28.6 Å². The summed E-state index contributed by atoms with van der Waals surface area (Å²) >= 11 is 0. The predicted octanol–water partition coefficient (Wildman–Crippen LogP) is 2.31. The van der Waals surface area contributed by atoms with Gasteiger partial charge in [-0.05, 0) is 18.6 Å². The number of aromatic nitrogens is 2. The number of hydrogen-bond acceptors (Lipinski definition) is 6. The number of nitrogens with two attached hydrogens (primary N) is 1. The maximum atomic E-state index is 5.84. The van der Waals surface area contributed by atoms with Crippen LogP contribution < -0.4 is 19.9 Å². The highest BCUT2D eigenvalue weighted by Crippen LogP contribution is 2.43. The largest absolute Gasteiger partial charge is 0.493 e. The molecule has 112 valence electrons. The number of anilines is 1. The maximum Gasteiger partial charge on any atom is 0.204 e.